The van der Waals surface area contributed by atoms with Crippen LogP contribution in [0, 0.1) is 17.5 Å². The zero-order chi connectivity index (χ0) is 9.30. The van der Waals surface area contributed by atoms with Gasteiger partial charge in [-0.3, -0.25) is 0 Å². The van der Waals surface area contributed by atoms with Gasteiger partial charge in [0.05, 0.1) is 0 Å². The minimum atomic E-state index is -1.07. The summed E-state index contributed by atoms with van der Waals surface area (Å²) in [6.45, 7) is 0. The minimum absolute atomic E-state index is 0.0326. The first kappa shape index (κ1) is 9.38. The van der Waals surface area contributed by atoms with Gasteiger partial charge in [0.2, 0.25) is 0 Å². The van der Waals surface area contributed by atoms with Crippen LogP contribution < -0.4 is 5.73 Å². The first-order valence-electron chi connectivity index (χ1n) is 3.05. The summed E-state index contributed by atoms with van der Waals surface area (Å²) >= 11 is 2.86. The molecule has 0 heterocycles. The third-order valence-electron chi connectivity index (χ3n) is 1.43. The number of rotatable bonds is 1. The molecule has 0 bridgehead atoms. The summed E-state index contributed by atoms with van der Waals surface area (Å²) < 4.78 is 38.2. The van der Waals surface area contributed by atoms with Crippen LogP contribution in [0.4, 0.5) is 18.9 Å². The Labute approximate surface area is 75.5 Å². The molecule has 1 rings (SSSR count). The Hall–Kier alpha value is -0.710. The standard InChI is InChI=1S/C7H5BrF3N/c8-2-3-4(9)1-5(10)7(12)6(3)11/h1H,2,12H2. The Balaban J connectivity index is 3.40. The summed E-state index contributed by atoms with van der Waals surface area (Å²) in [5, 5.41) is -0.0326. The lowest BCUT2D eigenvalue weighted by molar-refractivity contribution is 0.537. The normalized spacial score (nSPS) is 10.3. The monoisotopic (exact) mass is 239 g/mol. The van der Waals surface area contributed by atoms with Gasteiger partial charge in [-0.25, -0.2) is 13.2 Å². The SMILES string of the molecule is Nc1c(F)cc(F)c(CBr)c1F. The molecule has 0 atom stereocenters. The summed E-state index contributed by atoms with van der Waals surface area (Å²) in [6.07, 6.45) is 0. The lowest BCUT2D eigenvalue weighted by Gasteiger charge is -2.04. The number of nitrogens with two attached hydrogens (primary N) is 1. The van der Waals surface area contributed by atoms with Gasteiger partial charge in [0.25, 0.3) is 0 Å². The maximum Gasteiger partial charge on any atom is 0.156 e. The first-order valence-corrected chi connectivity index (χ1v) is 4.18. The van der Waals surface area contributed by atoms with Crippen molar-refractivity contribution in [2.75, 3.05) is 5.73 Å². The maximum atomic E-state index is 12.9. The van der Waals surface area contributed by atoms with Crippen LogP contribution in [0.15, 0.2) is 6.07 Å². The maximum absolute atomic E-state index is 12.9. The van der Waals surface area contributed by atoms with Gasteiger partial charge in [-0.15, -0.1) is 0 Å². The number of alkyl halides is 1. The van der Waals surface area contributed by atoms with E-state index in [1.165, 1.54) is 0 Å². The second-order valence-electron chi connectivity index (χ2n) is 2.18. The quantitative estimate of drug-likeness (QED) is 0.592. The van der Waals surface area contributed by atoms with Crippen molar-refractivity contribution in [3.05, 3.63) is 29.1 Å². The lowest BCUT2D eigenvalue weighted by atomic mass is 10.2. The Morgan fingerprint density at radius 3 is 2.33 bits per heavy atom. The van der Waals surface area contributed by atoms with Crippen LogP contribution in [0.3, 0.4) is 0 Å². The highest BCUT2D eigenvalue weighted by Crippen LogP contribution is 2.23. The van der Waals surface area contributed by atoms with Crippen molar-refractivity contribution >= 4 is 21.6 Å². The predicted octanol–water partition coefficient (Wildman–Crippen LogP) is 2.58. The molecule has 12 heavy (non-hydrogen) atoms. The number of benzene rings is 1. The molecule has 5 heteroatoms. The summed E-state index contributed by atoms with van der Waals surface area (Å²) in [5.74, 6) is -3.05. The topological polar surface area (TPSA) is 26.0 Å². The highest BCUT2D eigenvalue weighted by atomic mass is 79.9. The van der Waals surface area contributed by atoms with Gasteiger partial charge >= 0.3 is 0 Å². The Kier molecular flexibility index (Phi) is 2.62. The zero-order valence-corrected chi connectivity index (χ0v) is 7.46. The fourth-order valence-corrected chi connectivity index (χ4v) is 1.28. The lowest BCUT2D eigenvalue weighted by Crippen LogP contribution is -2.02. The third-order valence-corrected chi connectivity index (χ3v) is 1.99. The summed E-state index contributed by atoms with van der Waals surface area (Å²) in [7, 11) is 0. The Bertz CT molecular complexity index is 314. The molecule has 0 aliphatic carbocycles. The zero-order valence-electron chi connectivity index (χ0n) is 5.87. The summed E-state index contributed by atoms with van der Waals surface area (Å²) in [4.78, 5) is 0. The van der Waals surface area contributed by atoms with Crippen molar-refractivity contribution in [1.29, 1.82) is 0 Å². The molecular formula is C7H5BrF3N. The van der Waals surface area contributed by atoms with Crippen molar-refractivity contribution in [2.24, 2.45) is 0 Å². The molecule has 66 valence electrons. The molecule has 0 saturated carbocycles. The molecule has 0 unspecified atom stereocenters. The molecule has 0 amide bonds. The second kappa shape index (κ2) is 3.35. The van der Waals surface area contributed by atoms with E-state index in [1.54, 1.807) is 0 Å². The van der Waals surface area contributed by atoms with Crippen LogP contribution >= 0.6 is 15.9 Å². The van der Waals surface area contributed by atoms with Crippen LogP contribution in [-0.4, -0.2) is 0 Å². The molecule has 0 fully saturated rings. The van der Waals surface area contributed by atoms with Gasteiger partial charge < -0.3 is 5.73 Å². The molecule has 0 radical (unpaired) electrons. The van der Waals surface area contributed by atoms with Crippen molar-refractivity contribution < 1.29 is 13.2 Å². The van der Waals surface area contributed by atoms with Gasteiger partial charge in [-0.05, 0) is 0 Å². The molecule has 0 aliphatic heterocycles. The van der Waals surface area contributed by atoms with Crippen LogP contribution in [0.25, 0.3) is 0 Å². The molecule has 2 N–H and O–H groups in total. The molecule has 0 aliphatic rings. The second-order valence-corrected chi connectivity index (χ2v) is 2.74. The fraction of sp³-hybridized carbons (Fsp3) is 0.143. The minimum Gasteiger partial charge on any atom is -0.394 e. The number of nitrogen functional groups attached to an aromatic ring is 1. The molecular weight excluding hydrogens is 235 g/mol. The molecule has 0 spiro atoms. The molecule has 0 aromatic heterocycles. The van der Waals surface area contributed by atoms with Crippen molar-refractivity contribution in [3.8, 4) is 0 Å². The van der Waals surface area contributed by atoms with E-state index >= 15 is 0 Å². The average molecular weight is 240 g/mol. The van der Waals surface area contributed by atoms with E-state index in [4.69, 9.17) is 5.73 Å². The molecule has 1 aromatic rings. The predicted molar refractivity (Wildman–Crippen MR) is 43.4 cm³/mol. The van der Waals surface area contributed by atoms with Gasteiger partial charge in [0.1, 0.15) is 11.5 Å². The molecule has 1 aromatic carbocycles. The van der Waals surface area contributed by atoms with Crippen molar-refractivity contribution in [3.63, 3.8) is 0 Å². The van der Waals surface area contributed by atoms with E-state index in [1.807, 2.05) is 0 Å². The number of hydrogen-bond donors (Lipinski definition) is 1. The highest BCUT2D eigenvalue weighted by Gasteiger charge is 2.15. The average Bonchev–Trinajstić information content (AvgIpc) is 2.01. The molecule has 0 saturated heterocycles. The van der Waals surface area contributed by atoms with E-state index in [0.717, 1.165) is 0 Å². The van der Waals surface area contributed by atoms with E-state index in [0.29, 0.717) is 6.07 Å². The number of hydrogen-bond acceptors (Lipinski definition) is 1. The summed E-state index contributed by atoms with van der Waals surface area (Å²) in [6, 6.07) is 0.564. The van der Waals surface area contributed by atoms with Crippen molar-refractivity contribution in [1.82, 2.24) is 0 Å². The smallest absolute Gasteiger partial charge is 0.156 e. The van der Waals surface area contributed by atoms with E-state index in [-0.39, 0.29) is 10.9 Å². The molecule has 1 nitrogen and oxygen atoms in total. The Morgan fingerprint density at radius 2 is 1.83 bits per heavy atom. The van der Waals surface area contributed by atoms with E-state index in [9.17, 15) is 13.2 Å². The van der Waals surface area contributed by atoms with Crippen LogP contribution in [0.2, 0.25) is 0 Å². The van der Waals surface area contributed by atoms with Crippen LogP contribution in [0.5, 0.6) is 0 Å². The largest absolute Gasteiger partial charge is 0.394 e. The fourth-order valence-electron chi connectivity index (χ4n) is 0.771. The van der Waals surface area contributed by atoms with Crippen molar-refractivity contribution in [2.45, 2.75) is 5.33 Å². The van der Waals surface area contributed by atoms with Crippen LogP contribution in [0.1, 0.15) is 5.56 Å². The third kappa shape index (κ3) is 1.41. The number of halogens is 4. The first-order chi connectivity index (χ1) is 5.57. The highest BCUT2D eigenvalue weighted by molar-refractivity contribution is 9.08. The number of anilines is 1. The van der Waals surface area contributed by atoms with Gasteiger partial charge in [-0.2, -0.15) is 0 Å². The van der Waals surface area contributed by atoms with E-state index in [2.05, 4.69) is 15.9 Å². The van der Waals surface area contributed by atoms with Crippen LogP contribution in [-0.2, 0) is 5.33 Å². The van der Waals surface area contributed by atoms with Gasteiger partial charge in [0.15, 0.2) is 11.6 Å². The van der Waals surface area contributed by atoms with E-state index < -0.39 is 23.1 Å². The summed E-state index contributed by atoms with van der Waals surface area (Å²) in [5.41, 5.74) is 4.09. The van der Waals surface area contributed by atoms with Gasteiger partial charge in [0, 0.05) is 17.0 Å². The Morgan fingerprint density at radius 1 is 1.25 bits per heavy atom. The van der Waals surface area contributed by atoms with Gasteiger partial charge in [-0.1, -0.05) is 15.9 Å².